The highest BCUT2D eigenvalue weighted by molar-refractivity contribution is 7.13. The van der Waals surface area contributed by atoms with Crippen LogP contribution in [0.5, 0.6) is 0 Å². The number of nitrogens with one attached hydrogen (secondary N) is 3. The van der Waals surface area contributed by atoms with Crippen LogP contribution < -0.4 is 20.9 Å². The molecule has 7 nitrogen and oxygen atoms in total. The van der Waals surface area contributed by atoms with Crippen LogP contribution in [0.2, 0.25) is 0 Å². The largest absolute Gasteiger partial charge is 0.372 e. The first-order valence-electron chi connectivity index (χ1n) is 10.7. The third-order valence-corrected chi connectivity index (χ3v) is 5.83. The lowest BCUT2D eigenvalue weighted by Crippen LogP contribution is -2.22. The fraction of sp³-hybridized carbons (Fsp3) is 0.292. The van der Waals surface area contributed by atoms with E-state index in [1.54, 1.807) is 0 Å². The molecule has 0 aliphatic rings. The van der Waals surface area contributed by atoms with Crippen molar-refractivity contribution in [2.75, 3.05) is 33.9 Å². The van der Waals surface area contributed by atoms with Crippen molar-refractivity contribution in [1.29, 1.82) is 0 Å². The van der Waals surface area contributed by atoms with E-state index in [1.807, 2.05) is 54.8 Å². The Morgan fingerprint density at radius 2 is 1.75 bits per heavy atom. The number of rotatable bonds is 9. The molecular formula is C24H29N5O2S. The maximum atomic E-state index is 12.4. The summed E-state index contributed by atoms with van der Waals surface area (Å²) in [7, 11) is 0. The second kappa shape index (κ2) is 11.3. The van der Waals surface area contributed by atoms with Crippen molar-refractivity contribution in [2.24, 2.45) is 0 Å². The number of benzene rings is 2. The van der Waals surface area contributed by atoms with E-state index in [1.165, 1.54) is 11.3 Å². The Bertz CT molecular complexity index is 1050. The van der Waals surface area contributed by atoms with E-state index in [0.29, 0.717) is 23.7 Å². The third kappa shape index (κ3) is 6.55. The number of aromatic nitrogens is 1. The molecule has 2 aromatic carbocycles. The SMILES string of the molecule is CCN(CC)c1ccc(NC(=O)CCc2csc(NC(=O)Nc3ccccc3)n2)c(C)c1. The van der Waals surface area contributed by atoms with Crippen molar-refractivity contribution in [3.8, 4) is 0 Å². The fourth-order valence-corrected chi connectivity index (χ4v) is 4.03. The topological polar surface area (TPSA) is 86.4 Å². The van der Waals surface area contributed by atoms with Gasteiger partial charge in [-0.1, -0.05) is 18.2 Å². The summed E-state index contributed by atoms with van der Waals surface area (Å²) in [6, 6.07) is 14.9. The van der Waals surface area contributed by atoms with Crippen molar-refractivity contribution in [1.82, 2.24) is 4.98 Å². The average molecular weight is 452 g/mol. The normalized spacial score (nSPS) is 10.5. The standard InChI is InChI=1S/C24H29N5O2S/c1-4-29(5-2)20-12-13-21(17(3)15-20)27-22(30)14-11-19-16-32-24(26-19)28-23(31)25-18-9-7-6-8-10-18/h6-10,12-13,15-16H,4-5,11,14H2,1-3H3,(H,27,30)(H2,25,26,28,31). The molecule has 3 amide bonds. The van der Waals surface area contributed by atoms with Crippen molar-refractivity contribution >= 4 is 45.5 Å². The van der Waals surface area contributed by atoms with E-state index in [2.05, 4.69) is 45.7 Å². The number of amides is 3. The van der Waals surface area contributed by atoms with Crippen LogP contribution in [0, 0.1) is 6.92 Å². The van der Waals surface area contributed by atoms with Gasteiger partial charge in [-0.05, 0) is 63.1 Å². The minimum absolute atomic E-state index is 0.0620. The van der Waals surface area contributed by atoms with Gasteiger partial charge in [-0.3, -0.25) is 10.1 Å². The fourth-order valence-electron chi connectivity index (χ4n) is 3.29. The lowest BCUT2D eigenvalue weighted by molar-refractivity contribution is -0.116. The van der Waals surface area contributed by atoms with Gasteiger partial charge in [-0.2, -0.15) is 0 Å². The van der Waals surface area contributed by atoms with Crippen LogP contribution in [0.3, 0.4) is 0 Å². The molecule has 1 aromatic heterocycles. The number of thiazole rings is 1. The molecule has 1 heterocycles. The number of anilines is 4. The van der Waals surface area contributed by atoms with Crippen LogP contribution in [-0.4, -0.2) is 30.0 Å². The number of carbonyl (C=O) groups is 2. The number of urea groups is 1. The molecule has 168 valence electrons. The number of hydrogen-bond acceptors (Lipinski definition) is 5. The summed E-state index contributed by atoms with van der Waals surface area (Å²) in [5.41, 5.74) is 4.49. The molecule has 0 fully saturated rings. The van der Waals surface area contributed by atoms with Crippen molar-refractivity contribution in [3.05, 3.63) is 65.2 Å². The first kappa shape index (κ1) is 23.3. The van der Waals surface area contributed by atoms with Crippen molar-refractivity contribution < 1.29 is 9.59 Å². The van der Waals surface area contributed by atoms with Crippen LogP contribution in [0.25, 0.3) is 0 Å². The Balaban J connectivity index is 1.48. The van der Waals surface area contributed by atoms with E-state index in [-0.39, 0.29) is 11.9 Å². The smallest absolute Gasteiger partial charge is 0.325 e. The summed E-state index contributed by atoms with van der Waals surface area (Å²) >= 11 is 1.34. The zero-order valence-corrected chi connectivity index (χ0v) is 19.5. The predicted octanol–water partition coefficient (Wildman–Crippen LogP) is 5.51. The van der Waals surface area contributed by atoms with Crippen LogP contribution >= 0.6 is 11.3 Å². The van der Waals surface area contributed by atoms with Gasteiger partial charge in [-0.15, -0.1) is 11.3 Å². The van der Waals surface area contributed by atoms with Gasteiger partial charge in [0, 0.05) is 42.0 Å². The van der Waals surface area contributed by atoms with Gasteiger partial charge in [0.25, 0.3) is 0 Å². The summed E-state index contributed by atoms with van der Waals surface area (Å²) in [4.78, 5) is 31.2. The van der Waals surface area contributed by atoms with Crippen LogP contribution in [0.4, 0.5) is 27.0 Å². The summed E-state index contributed by atoms with van der Waals surface area (Å²) < 4.78 is 0. The zero-order valence-electron chi connectivity index (χ0n) is 18.6. The molecular weight excluding hydrogens is 422 g/mol. The highest BCUT2D eigenvalue weighted by atomic mass is 32.1. The van der Waals surface area contributed by atoms with Gasteiger partial charge in [0.1, 0.15) is 0 Å². The molecule has 0 saturated carbocycles. The Hall–Kier alpha value is -3.39. The van der Waals surface area contributed by atoms with Crippen LogP contribution in [0.15, 0.2) is 53.9 Å². The average Bonchev–Trinajstić information content (AvgIpc) is 3.23. The minimum Gasteiger partial charge on any atom is -0.372 e. The minimum atomic E-state index is -0.349. The molecule has 8 heteroatoms. The number of para-hydroxylation sites is 1. The molecule has 0 aliphatic heterocycles. The molecule has 32 heavy (non-hydrogen) atoms. The summed E-state index contributed by atoms with van der Waals surface area (Å²) in [6.07, 6.45) is 0.817. The quantitative estimate of drug-likeness (QED) is 0.400. The van der Waals surface area contributed by atoms with E-state index < -0.39 is 0 Å². The number of hydrogen-bond donors (Lipinski definition) is 3. The Kier molecular flexibility index (Phi) is 8.21. The third-order valence-electron chi connectivity index (χ3n) is 5.02. The zero-order chi connectivity index (χ0) is 22.9. The van der Waals surface area contributed by atoms with Gasteiger partial charge in [0.15, 0.2) is 5.13 Å². The van der Waals surface area contributed by atoms with E-state index in [0.717, 1.165) is 35.7 Å². The van der Waals surface area contributed by atoms with Gasteiger partial charge in [0.05, 0.1) is 5.69 Å². The lowest BCUT2D eigenvalue weighted by Gasteiger charge is -2.22. The summed E-state index contributed by atoms with van der Waals surface area (Å²) in [5.74, 6) is -0.0620. The van der Waals surface area contributed by atoms with Crippen LogP contribution in [0.1, 0.15) is 31.5 Å². The van der Waals surface area contributed by atoms with Gasteiger partial charge in [-0.25, -0.2) is 9.78 Å². The molecule has 0 spiro atoms. The molecule has 0 radical (unpaired) electrons. The molecule has 3 N–H and O–H groups in total. The van der Waals surface area contributed by atoms with Crippen molar-refractivity contribution in [2.45, 2.75) is 33.6 Å². The van der Waals surface area contributed by atoms with Gasteiger partial charge < -0.3 is 15.5 Å². The van der Waals surface area contributed by atoms with Gasteiger partial charge in [0.2, 0.25) is 5.91 Å². The highest BCUT2D eigenvalue weighted by Gasteiger charge is 2.11. The van der Waals surface area contributed by atoms with E-state index in [9.17, 15) is 9.59 Å². The number of aryl methyl sites for hydroxylation is 2. The Labute approximate surface area is 192 Å². The second-order valence-electron chi connectivity index (χ2n) is 7.31. The molecule has 0 aliphatic carbocycles. The number of carbonyl (C=O) groups excluding carboxylic acids is 2. The molecule has 3 rings (SSSR count). The summed E-state index contributed by atoms with van der Waals surface area (Å²) in [5, 5.41) is 10.8. The first-order valence-corrected chi connectivity index (χ1v) is 11.6. The molecule has 0 bridgehead atoms. The monoisotopic (exact) mass is 451 g/mol. The molecule has 0 saturated heterocycles. The maximum Gasteiger partial charge on any atom is 0.325 e. The second-order valence-corrected chi connectivity index (χ2v) is 8.17. The highest BCUT2D eigenvalue weighted by Crippen LogP contribution is 2.23. The Morgan fingerprint density at radius 1 is 1.00 bits per heavy atom. The molecule has 0 atom stereocenters. The van der Waals surface area contributed by atoms with Crippen molar-refractivity contribution in [3.63, 3.8) is 0 Å². The molecule has 0 unspecified atom stereocenters. The van der Waals surface area contributed by atoms with Crippen LogP contribution in [-0.2, 0) is 11.2 Å². The first-order chi connectivity index (χ1) is 15.5. The van der Waals surface area contributed by atoms with Gasteiger partial charge >= 0.3 is 6.03 Å². The maximum absolute atomic E-state index is 12.4. The summed E-state index contributed by atoms with van der Waals surface area (Å²) in [6.45, 7) is 8.15. The number of nitrogens with zero attached hydrogens (tertiary/aromatic N) is 2. The predicted molar refractivity (Wildman–Crippen MR) is 133 cm³/mol. The molecule has 3 aromatic rings. The lowest BCUT2D eigenvalue weighted by atomic mass is 10.1. The Morgan fingerprint density at radius 3 is 2.44 bits per heavy atom. The van der Waals surface area contributed by atoms with E-state index >= 15 is 0 Å². The van der Waals surface area contributed by atoms with E-state index in [4.69, 9.17) is 0 Å².